The lowest BCUT2D eigenvalue weighted by molar-refractivity contribution is -0.119. The van der Waals surface area contributed by atoms with Crippen LogP contribution in [-0.2, 0) is 9.53 Å². The molecular formula is C11H18ClN5O2. The SMILES string of the molecule is CNc1ncc(Cl)c(N(C)CC(=O)NCCOC)n1. The van der Waals surface area contributed by atoms with Gasteiger partial charge in [-0.3, -0.25) is 4.79 Å². The molecule has 0 aliphatic carbocycles. The van der Waals surface area contributed by atoms with Crippen LogP contribution in [0.5, 0.6) is 0 Å². The van der Waals surface area contributed by atoms with Gasteiger partial charge < -0.3 is 20.3 Å². The van der Waals surface area contributed by atoms with Crippen LogP contribution < -0.4 is 15.5 Å². The highest BCUT2D eigenvalue weighted by Crippen LogP contribution is 2.22. The number of ether oxygens (including phenoxy) is 1. The minimum absolute atomic E-state index is 0.125. The van der Waals surface area contributed by atoms with Crippen LogP contribution in [0, 0.1) is 0 Å². The Kier molecular flexibility index (Phi) is 6.31. The molecule has 0 radical (unpaired) electrons. The molecule has 0 aliphatic heterocycles. The van der Waals surface area contributed by atoms with Crippen molar-refractivity contribution in [3.05, 3.63) is 11.2 Å². The summed E-state index contributed by atoms with van der Waals surface area (Å²) < 4.78 is 4.85. The van der Waals surface area contributed by atoms with Crippen molar-refractivity contribution in [2.75, 3.05) is 51.1 Å². The van der Waals surface area contributed by atoms with Crippen LogP contribution in [0.4, 0.5) is 11.8 Å². The standard InChI is InChI=1S/C11H18ClN5O2/c1-13-11-15-6-8(12)10(16-11)17(2)7-9(18)14-4-5-19-3/h6H,4-5,7H2,1-3H3,(H,14,18)(H,13,15,16). The minimum atomic E-state index is -0.125. The zero-order chi connectivity index (χ0) is 14.3. The van der Waals surface area contributed by atoms with Crippen molar-refractivity contribution in [1.82, 2.24) is 15.3 Å². The molecule has 1 amide bonds. The Labute approximate surface area is 117 Å². The quantitative estimate of drug-likeness (QED) is 0.706. The molecule has 0 fully saturated rings. The van der Waals surface area contributed by atoms with Gasteiger partial charge in [0.15, 0.2) is 5.82 Å². The van der Waals surface area contributed by atoms with E-state index in [-0.39, 0.29) is 12.5 Å². The summed E-state index contributed by atoms with van der Waals surface area (Å²) in [5, 5.41) is 5.94. The van der Waals surface area contributed by atoms with Crippen LogP contribution in [0.2, 0.25) is 5.02 Å². The highest BCUT2D eigenvalue weighted by Gasteiger charge is 2.13. The van der Waals surface area contributed by atoms with E-state index in [4.69, 9.17) is 16.3 Å². The molecule has 0 atom stereocenters. The molecule has 2 N–H and O–H groups in total. The molecule has 0 aromatic carbocycles. The Bertz CT molecular complexity index is 430. The summed E-state index contributed by atoms with van der Waals surface area (Å²) in [5.41, 5.74) is 0. The number of nitrogens with one attached hydrogen (secondary N) is 2. The van der Waals surface area contributed by atoms with Crippen molar-refractivity contribution >= 4 is 29.3 Å². The summed E-state index contributed by atoms with van der Waals surface area (Å²) in [4.78, 5) is 21.5. The van der Waals surface area contributed by atoms with Gasteiger partial charge in [-0.05, 0) is 0 Å². The van der Waals surface area contributed by atoms with Crippen LogP contribution in [0.15, 0.2) is 6.20 Å². The monoisotopic (exact) mass is 287 g/mol. The molecule has 0 unspecified atom stereocenters. The number of hydrogen-bond acceptors (Lipinski definition) is 6. The third-order valence-corrected chi connectivity index (χ3v) is 2.59. The van der Waals surface area contributed by atoms with Crippen molar-refractivity contribution in [2.24, 2.45) is 0 Å². The molecule has 8 heteroatoms. The molecule has 1 aromatic rings. The minimum Gasteiger partial charge on any atom is -0.383 e. The maximum absolute atomic E-state index is 11.7. The number of likely N-dealkylation sites (N-methyl/N-ethyl adjacent to an activating group) is 1. The number of rotatable bonds is 7. The Morgan fingerprint density at radius 3 is 2.95 bits per heavy atom. The van der Waals surface area contributed by atoms with Crippen LogP contribution in [0.3, 0.4) is 0 Å². The second-order valence-corrected chi connectivity index (χ2v) is 4.22. The van der Waals surface area contributed by atoms with Crippen LogP contribution in [0.1, 0.15) is 0 Å². The normalized spacial score (nSPS) is 10.1. The van der Waals surface area contributed by atoms with E-state index in [2.05, 4.69) is 20.6 Å². The second-order valence-electron chi connectivity index (χ2n) is 3.81. The summed E-state index contributed by atoms with van der Waals surface area (Å²) >= 11 is 6.01. The number of carbonyl (C=O) groups is 1. The Morgan fingerprint density at radius 2 is 2.32 bits per heavy atom. The Balaban J connectivity index is 2.61. The van der Waals surface area contributed by atoms with E-state index in [9.17, 15) is 4.79 Å². The van der Waals surface area contributed by atoms with Gasteiger partial charge in [0.1, 0.15) is 5.02 Å². The third kappa shape index (κ3) is 4.88. The maximum atomic E-state index is 11.7. The lowest BCUT2D eigenvalue weighted by atomic mass is 10.4. The van der Waals surface area contributed by atoms with Gasteiger partial charge in [-0.2, -0.15) is 4.98 Å². The molecule has 1 heterocycles. The first kappa shape index (κ1) is 15.5. The molecular weight excluding hydrogens is 270 g/mol. The Hall–Kier alpha value is -1.60. The van der Waals surface area contributed by atoms with Gasteiger partial charge in [0, 0.05) is 27.7 Å². The van der Waals surface area contributed by atoms with Crippen LogP contribution in [-0.4, -0.2) is 56.8 Å². The number of halogens is 1. The number of nitrogens with zero attached hydrogens (tertiary/aromatic N) is 3. The molecule has 1 aromatic heterocycles. The van der Waals surface area contributed by atoms with Crippen molar-refractivity contribution < 1.29 is 9.53 Å². The zero-order valence-electron chi connectivity index (χ0n) is 11.2. The van der Waals surface area contributed by atoms with Crippen molar-refractivity contribution in [3.63, 3.8) is 0 Å². The second kappa shape index (κ2) is 7.75. The molecule has 7 nitrogen and oxygen atoms in total. The summed E-state index contributed by atoms with van der Waals surface area (Å²) in [6.07, 6.45) is 1.50. The molecule has 19 heavy (non-hydrogen) atoms. The van der Waals surface area contributed by atoms with Gasteiger partial charge in [-0.25, -0.2) is 4.98 Å². The average Bonchev–Trinajstić information content (AvgIpc) is 2.39. The first-order valence-corrected chi connectivity index (χ1v) is 6.13. The number of hydrogen-bond donors (Lipinski definition) is 2. The van der Waals surface area contributed by atoms with Crippen LogP contribution in [0.25, 0.3) is 0 Å². The smallest absolute Gasteiger partial charge is 0.239 e. The van der Waals surface area contributed by atoms with E-state index in [0.29, 0.717) is 29.9 Å². The van der Waals surface area contributed by atoms with E-state index < -0.39 is 0 Å². The summed E-state index contributed by atoms with van der Waals surface area (Å²) in [6, 6.07) is 0. The molecule has 106 valence electrons. The van der Waals surface area contributed by atoms with E-state index in [1.165, 1.54) is 6.20 Å². The highest BCUT2D eigenvalue weighted by atomic mass is 35.5. The van der Waals surface area contributed by atoms with Crippen molar-refractivity contribution in [1.29, 1.82) is 0 Å². The number of anilines is 2. The van der Waals surface area contributed by atoms with E-state index >= 15 is 0 Å². The summed E-state index contributed by atoms with van der Waals surface area (Å²) in [5.74, 6) is 0.828. The fraction of sp³-hybridized carbons (Fsp3) is 0.545. The van der Waals surface area contributed by atoms with Gasteiger partial charge in [0.25, 0.3) is 0 Å². The predicted molar refractivity (Wildman–Crippen MR) is 74.7 cm³/mol. The third-order valence-electron chi connectivity index (χ3n) is 2.32. The number of amides is 1. The summed E-state index contributed by atoms with van der Waals surface area (Å²) in [7, 11) is 5.03. The average molecular weight is 288 g/mol. The number of aromatic nitrogens is 2. The van der Waals surface area contributed by atoms with Gasteiger partial charge in [-0.15, -0.1) is 0 Å². The van der Waals surface area contributed by atoms with E-state index in [1.807, 2.05) is 0 Å². The molecule has 0 saturated carbocycles. The lowest BCUT2D eigenvalue weighted by Gasteiger charge is -2.19. The molecule has 0 saturated heterocycles. The van der Waals surface area contributed by atoms with Gasteiger partial charge in [-0.1, -0.05) is 11.6 Å². The highest BCUT2D eigenvalue weighted by molar-refractivity contribution is 6.32. The number of methoxy groups -OCH3 is 1. The number of carbonyl (C=O) groups excluding carboxylic acids is 1. The predicted octanol–water partition coefficient (Wildman–Crippen LogP) is 0.370. The fourth-order valence-electron chi connectivity index (χ4n) is 1.38. The topological polar surface area (TPSA) is 79.4 Å². The van der Waals surface area contributed by atoms with E-state index in [1.54, 1.807) is 26.1 Å². The first-order chi connectivity index (χ1) is 9.08. The van der Waals surface area contributed by atoms with Crippen molar-refractivity contribution in [2.45, 2.75) is 0 Å². The molecule has 0 aliphatic rings. The summed E-state index contributed by atoms with van der Waals surface area (Å²) in [6.45, 7) is 1.11. The van der Waals surface area contributed by atoms with Gasteiger partial charge >= 0.3 is 0 Å². The first-order valence-electron chi connectivity index (χ1n) is 5.75. The van der Waals surface area contributed by atoms with Crippen molar-refractivity contribution in [3.8, 4) is 0 Å². The largest absolute Gasteiger partial charge is 0.383 e. The van der Waals surface area contributed by atoms with Crippen LogP contribution >= 0.6 is 11.6 Å². The van der Waals surface area contributed by atoms with Gasteiger partial charge in [0.05, 0.1) is 19.3 Å². The molecule has 1 rings (SSSR count). The van der Waals surface area contributed by atoms with Gasteiger partial charge in [0.2, 0.25) is 11.9 Å². The molecule has 0 spiro atoms. The fourth-order valence-corrected chi connectivity index (χ4v) is 1.62. The molecule has 0 bridgehead atoms. The van der Waals surface area contributed by atoms with E-state index in [0.717, 1.165) is 0 Å². The lowest BCUT2D eigenvalue weighted by Crippen LogP contribution is -2.37. The maximum Gasteiger partial charge on any atom is 0.239 e. The zero-order valence-corrected chi connectivity index (χ0v) is 12.0. The Morgan fingerprint density at radius 1 is 1.58 bits per heavy atom.